The Kier molecular flexibility index (Phi) is 4.25. The second-order valence-electron chi connectivity index (χ2n) is 6.23. The van der Waals surface area contributed by atoms with E-state index in [9.17, 15) is 9.59 Å². The highest BCUT2D eigenvalue weighted by Crippen LogP contribution is 2.16. The average molecular weight is 359 g/mol. The maximum Gasteiger partial charge on any atom is 0.346 e. The van der Waals surface area contributed by atoms with E-state index in [1.807, 2.05) is 42.6 Å². The van der Waals surface area contributed by atoms with Gasteiger partial charge in [0.25, 0.3) is 5.91 Å². The van der Waals surface area contributed by atoms with Gasteiger partial charge < -0.3 is 9.88 Å². The summed E-state index contributed by atoms with van der Waals surface area (Å²) < 4.78 is 1.76. The largest absolute Gasteiger partial charge is 0.346 e. The van der Waals surface area contributed by atoms with Crippen molar-refractivity contribution in [3.63, 3.8) is 0 Å². The third-order valence-corrected chi connectivity index (χ3v) is 4.26. The fourth-order valence-electron chi connectivity index (χ4n) is 2.96. The van der Waals surface area contributed by atoms with Gasteiger partial charge in [0.05, 0.1) is 17.4 Å². The lowest BCUT2D eigenvalue weighted by atomic mass is 10.1. The van der Waals surface area contributed by atoms with E-state index in [0.29, 0.717) is 17.4 Å². The zero-order valence-electron chi connectivity index (χ0n) is 14.7. The Morgan fingerprint density at radius 2 is 1.85 bits per heavy atom. The van der Waals surface area contributed by atoms with E-state index >= 15 is 0 Å². The van der Waals surface area contributed by atoms with Crippen LogP contribution in [0, 0.1) is 0 Å². The van der Waals surface area contributed by atoms with Gasteiger partial charge in [-0.3, -0.25) is 4.79 Å². The van der Waals surface area contributed by atoms with Crippen LogP contribution in [0.25, 0.3) is 16.6 Å². The lowest BCUT2D eigenvalue weighted by Crippen LogP contribution is -2.29. The second kappa shape index (κ2) is 6.87. The molecule has 0 unspecified atom stereocenters. The van der Waals surface area contributed by atoms with Crippen LogP contribution in [-0.2, 0) is 6.54 Å². The van der Waals surface area contributed by atoms with Crippen molar-refractivity contribution in [2.24, 2.45) is 0 Å². The van der Waals surface area contributed by atoms with E-state index < -0.39 is 5.69 Å². The molecule has 4 rings (SSSR count). The molecule has 7 nitrogen and oxygen atoms in total. The van der Waals surface area contributed by atoms with Crippen LogP contribution in [0.15, 0.2) is 71.8 Å². The topological polar surface area (TPSA) is 83.9 Å². The molecule has 0 saturated heterocycles. The van der Waals surface area contributed by atoms with Gasteiger partial charge in [-0.15, -0.1) is 0 Å². The molecule has 0 radical (unpaired) electrons. The van der Waals surface area contributed by atoms with Crippen molar-refractivity contribution in [2.75, 3.05) is 7.05 Å². The summed E-state index contributed by atoms with van der Waals surface area (Å²) in [5, 5.41) is 4.96. The summed E-state index contributed by atoms with van der Waals surface area (Å²) in [5.74, 6) is -0.315. The van der Waals surface area contributed by atoms with Crippen molar-refractivity contribution >= 4 is 16.8 Å². The van der Waals surface area contributed by atoms with Gasteiger partial charge in [-0.25, -0.2) is 9.48 Å². The Labute approximate surface area is 154 Å². The summed E-state index contributed by atoms with van der Waals surface area (Å²) in [6.07, 6.45) is 3.60. The SMILES string of the molecule is CN(Cc1cnn(-c2ccccc2)c1)C(=O)c1nc(=O)[nH]c2ccccc12. The first-order valence-corrected chi connectivity index (χ1v) is 8.45. The minimum Gasteiger partial charge on any atom is -0.336 e. The number of hydrogen-bond acceptors (Lipinski definition) is 4. The summed E-state index contributed by atoms with van der Waals surface area (Å²) in [4.78, 5) is 32.7. The summed E-state index contributed by atoms with van der Waals surface area (Å²) in [6, 6.07) is 16.9. The van der Waals surface area contributed by atoms with Crippen LogP contribution in [-0.4, -0.2) is 37.6 Å². The molecule has 0 aliphatic heterocycles. The van der Waals surface area contributed by atoms with Crippen molar-refractivity contribution in [1.82, 2.24) is 24.6 Å². The van der Waals surface area contributed by atoms with Crippen molar-refractivity contribution in [3.05, 3.63) is 88.7 Å². The van der Waals surface area contributed by atoms with Gasteiger partial charge in [0.2, 0.25) is 0 Å². The summed E-state index contributed by atoms with van der Waals surface area (Å²) in [6.45, 7) is 0.356. The van der Waals surface area contributed by atoms with Crippen molar-refractivity contribution in [2.45, 2.75) is 6.54 Å². The number of amides is 1. The summed E-state index contributed by atoms with van der Waals surface area (Å²) in [7, 11) is 1.68. The van der Waals surface area contributed by atoms with Crippen LogP contribution in [0.3, 0.4) is 0 Å². The molecule has 2 heterocycles. The van der Waals surface area contributed by atoms with E-state index in [-0.39, 0.29) is 11.6 Å². The molecule has 0 aliphatic rings. The van der Waals surface area contributed by atoms with E-state index in [1.165, 1.54) is 4.90 Å². The molecular formula is C20H17N5O2. The molecule has 0 bridgehead atoms. The van der Waals surface area contributed by atoms with Gasteiger partial charge in [0.15, 0.2) is 0 Å². The average Bonchev–Trinajstić information content (AvgIpc) is 3.16. The van der Waals surface area contributed by atoms with Gasteiger partial charge in [0, 0.05) is 30.7 Å². The van der Waals surface area contributed by atoms with Crippen molar-refractivity contribution < 1.29 is 4.79 Å². The number of para-hydroxylation sites is 2. The van der Waals surface area contributed by atoms with Crippen LogP contribution in [0.2, 0.25) is 0 Å². The molecule has 4 aromatic rings. The van der Waals surface area contributed by atoms with E-state index in [0.717, 1.165) is 11.3 Å². The zero-order valence-corrected chi connectivity index (χ0v) is 14.7. The monoisotopic (exact) mass is 359 g/mol. The number of aromatic amines is 1. The number of carbonyl (C=O) groups is 1. The standard InChI is InChI=1S/C20H17N5O2/c1-24(12-14-11-21-25(13-14)15-7-3-2-4-8-15)19(26)18-16-9-5-6-10-17(16)22-20(27)23-18/h2-11,13H,12H2,1H3,(H,22,23,27). The van der Waals surface area contributed by atoms with Gasteiger partial charge in [0.1, 0.15) is 5.69 Å². The number of fused-ring (bicyclic) bond motifs is 1. The van der Waals surface area contributed by atoms with E-state index in [2.05, 4.69) is 15.1 Å². The Bertz CT molecular complexity index is 1160. The second-order valence-corrected chi connectivity index (χ2v) is 6.23. The predicted molar refractivity (Wildman–Crippen MR) is 102 cm³/mol. The molecule has 1 N–H and O–H groups in total. The zero-order chi connectivity index (χ0) is 18.8. The lowest BCUT2D eigenvalue weighted by Gasteiger charge is -2.16. The fraction of sp³-hybridized carbons (Fsp3) is 0.100. The Morgan fingerprint density at radius 3 is 2.67 bits per heavy atom. The number of nitrogens with one attached hydrogen (secondary N) is 1. The van der Waals surface area contributed by atoms with Gasteiger partial charge in [-0.2, -0.15) is 10.1 Å². The maximum atomic E-state index is 12.9. The first-order chi connectivity index (χ1) is 13.1. The molecule has 2 aromatic carbocycles. The van der Waals surface area contributed by atoms with E-state index in [1.54, 1.807) is 36.1 Å². The predicted octanol–water partition coefficient (Wildman–Crippen LogP) is 2.38. The third-order valence-electron chi connectivity index (χ3n) is 4.26. The molecule has 27 heavy (non-hydrogen) atoms. The number of benzene rings is 2. The highest BCUT2D eigenvalue weighted by molar-refractivity contribution is 6.03. The maximum absolute atomic E-state index is 12.9. The lowest BCUT2D eigenvalue weighted by molar-refractivity contribution is 0.0781. The molecule has 7 heteroatoms. The Morgan fingerprint density at radius 1 is 1.11 bits per heavy atom. The molecule has 0 atom stereocenters. The quantitative estimate of drug-likeness (QED) is 0.606. The molecule has 0 saturated carbocycles. The number of aromatic nitrogens is 4. The molecule has 2 aromatic heterocycles. The normalized spacial score (nSPS) is 10.9. The van der Waals surface area contributed by atoms with Crippen molar-refractivity contribution in [3.8, 4) is 5.69 Å². The number of nitrogens with zero attached hydrogens (tertiary/aromatic N) is 4. The summed E-state index contributed by atoms with van der Waals surface area (Å²) in [5.41, 5.74) is 2.02. The molecule has 134 valence electrons. The number of H-pyrrole nitrogens is 1. The highest BCUT2D eigenvalue weighted by atomic mass is 16.2. The number of hydrogen-bond donors (Lipinski definition) is 1. The minimum absolute atomic E-state index is 0.146. The van der Waals surface area contributed by atoms with Crippen LogP contribution in [0.4, 0.5) is 0 Å². The molecular weight excluding hydrogens is 342 g/mol. The highest BCUT2D eigenvalue weighted by Gasteiger charge is 2.18. The summed E-state index contributed by atoms with van der Waals surface area (Å²) >= 11 is 0. The third kappa shape index (κ3) is 3.35. The molecule has 0 aliphatic carbocycles. The first kappa shape index (κ1) is 16.7. The van der Waals surface area contributed by atoms with Crippen LogP contribution >= 0.6 is 0 Å². The fourth-order valence-corrected chi connectivity index (χ4v) is 2.96. The van der Waals surface area contributed by atoms with Gasteiger partial charge in [-0.1, -0.05) is 36.4 Å². The van der Waals surface area contributed by atoms with Gasteiger partial charge in [-0.05, 0) is 18.2 Å². The molecule has 0 fully saturated rings. The smallest absolute Gasteiger partial charge is 0.336 e. The van der Waals surface area contributed by atoms with Crippen LogP contribution < -0.4 is 5.69 Å². The van der Waals surface area contributed by atoms with E-state index in [4.69, 9.17) is 0 Å². The molecule has 0 spiro atoms. The minimum atomic E-state index is -0.539. The first-order valence-electron chi connectivity index (χ1n) is 8.45. The molecule has 1 amide bonds. The van der Waals surface area contributed by atoms with Crippen LogP contribution in [0.1, 0.15) is 16.1 Å². The number of carbonyl (C=O) groups excluding carboxylic acids is 1. The number of rotatable bonds is 4. The Balaban J connectivity index is 1.59. The van der Waals surface area contributed by atoms with Crippen LogP contribution in [0.5, 0.6) is 0 Å². The van der Waals surface area contributed by atoms with Crippen molar-refractivity contribution in [1.29, 1.82) is 0 Å². The Hall–Kier alpha value is -3.74. The van der Waals surface area contributed by atoms with Gasteiger partial charge >= 0.3 is 5.69 Å².